The normalized spacial score (nSPS) is 19.8. The van der Waals surface area contributed by atoms with Crippen LogP contribution in [-0.4, -0.2) is 28.2 Å². The summed E-state index contributed by atoms with van der Waals surface area (Å²) in [5.41, 5.74) is 1.72. The van der Waals surface area contributed by atoms with E-state index in [4.69, 9.17) is 11.6 Å². The van der Waals surface area contributed by atoms with Gasteiger partial charge in [-0.25, -0.2) is 0 Å². The van der Waals surface area contributed by atoms with E-state index in [9.17, 15) is 4.79 Å². The van der Waals surface area contributed by atoms with Crippen LogP contribution in [0.5, 0.6) is 0 Å². The number of nitrogens with zero attached hydrogens (tertiary/aromatic N) is 2. The highest BCUT2D eigenvalue weighted by molar-refractivity contribution is 6.30. The zero-order valence-electron chi connectivity index (χ0n) is 10.3. The van der Waals surface area contributed by atoms with Gasteiger partial charge < -0.3 is 5.32 Å². The topological polar surface area (TPSA) is 46.9 Å². The smallest absolute Gasteiger partial charge is 0.139 e. The first-order valence-electron chi connectivity index (χ1n) is 6.01. The lowest BCUT2D eigenvalue weighted by Crippen LogP contribution is -2.25. The van der Waals surface area contributed by atoms with E-state index >= 15 is 0 Å². The Labute approximate surface area is 106 Å². The molecule has 0 saturated carbocycles. The van der Waals surface area contributed by atoms with E-state index in [-0.39, 0.29) is 5.78 Å². The van der Waals surface area contributed by atoms with Crippen LogP contribution in [0.15, 0.2) is 0 Å². The second-order valence-electron chi connectivity index (χ2n) is 4.69. The fourth-order valence-corrected chi connectivity index (χ4v) is 2.59. The van der Waals surface area contributed by atoms with Crippen LogP contribution in [0, 0.1) is 6.92 Å². The zero-order chi connectivity index (χ0) is 12.4. The number of nitrogens with one attached hydrogen (secondary N) is 1. The number of Topliss-reactive ketones (excluding diaryl/α,β-unsaturated/α-hetero) is 1. The summed E-state index contributed by atoms with van der Waals surface area (Å²) in [7, 11) is 1.79. The summed E-state index contributed by atoms with van der Waals surface area (Å²) in [5.74, 6) is 0.238. The molecule has 0 radical (unpaired) electrons. The molecule has 1 unspecified atom stereocenters. The van der Waals surface area contributed by atoms with Crippen LogP contribution in [-0.2, 0) is 18.3 Å². The van der Waals surface area contributed by atoms with Crippen molar-refractivity contribution in [2.24, 2.45) is 7.05 Å². The second-order valence-corrected chi connectivity index (χ2v) is 5.05. The van der Waals surface area contributed by atoms with E-state index in [2.05, 4.69) is 10.4 Å². The van der Waals surface area contributed by atoms with Crippen molar-refractivity contribution in [1.29, 1.82) is 0 Å². The molecule has 0 aromatic carbocycles. The van der Waals surface area contributed by atoms with Crippen molar-refractivity contribution < 1.29 is 4.79 Å². The van der Waals surface area contributed by atoms with Gasteiger partial charge in [-0.05, 0) is 26.3 Å². The van der Waals surface area contributed by atoms with E-state index < -0.39 is 0 Å². The number of ketones is 1. The van der Waals surface area contributed by atoms with Gasteiger partial charge >= 0.3 is 0 Å². The molecule has 1 aromatic heterocycles. The Bertz CT molecular complexity index is 422. The van der Waals surface area contributed by atoms with Crippen molar-refractivity contribution in [1.82, 2.24) is 15.1 Å². The Morgan fingerprint density at radius 1 is 1.65 bits per heavy atom. The molecular formula is C12H18ClN3O. The van der Waals surface area contributed by atoms with Gasteiger partial charge in [-0.2, -0.15) is 5.10 Å². The van der Waals surface area contributed by atoms with Gasteiger partial charge in [-0.3, -0.25) is 9.48 Å². The molecule has 0 spiro atoms. The Morgan fingerprint density at radius 2 is 2.41 bits per heavy atom. The molecule has 0 amide bonds. The van der Waals surface area contributed by atoms with Crippen LogP contribution in [0.2, 0.25) is 5.15 Å². The van der Waals surface area contributed by atoms with Crippen molar-refractivity contribution in [3.63, 3.8) is 0 Å². The summed E-state index contributed by atoms with van der Waals surface area (Å²) in [4.78, 5) is 11.9. The molecule has 5 heteroatoms. The highest BCUT2D eigenvalue weighted by Gasteiger charge is 2.20. The summed E-state index contributed by atoms with van der Waals surface area (Å²) in [6, 6.07) is 0.359. The van der Waals surface area contributed by atoms with Gasteiger partial charge in [0, 0.05) is 31.5 Å². The predicted octanol–water partition coefficient (Wildman–Crippen LogP) is 1.64. The molecule has 4 nitrogen and oxygen atoms in total. The standard InChI is InChI=1S/C12H18ClN3O/c1-8-11(12(13)16(2)15-8)7-10(17)6-9-4-3-5-14-9/h9,14H,3-7H2,1-2H3. The van der Waals surface area contributed by atoms with Gasteiger partial charge in [0.05, 0.1) is 5.69 Å². The largest absolute Gasteiger partial charge is 0.314 e. The molecule has 1 saturated heterocycles. The maximum absolute atomic E-state index is 11.9. The lowest BCUT2D eigenvalue weighted by Gasteiger charge is -2.08. The van der Waals surface area contributed by atoms with Gasteiger partial charge in [0.25, 0.3) is 0 Å². The summed E-state index contributed by atoms with van der Waals surface area (Å²) in [6.07, 6.45) is 3.28. The van der Waals surface area contributed by atoms with E-state index in [1.54, 1.807) is 11.7 Å². The molecule has 1 atom stereocenters. The first-order chi connectivity index (χ1) is 8.08. The minimum Gasteiger partial charge on any atom is -0.314 e. The molecule has 0 bridgehead atoms. The molecule has 17 heavy (non-hydrogen) atoms. The second kappa shape index (κ2) is 5.19. The van der Waals surface area contributed by atoms with Gasteiger partial charge in [0.15, 0.2) is 0 Å². The van der Waals surface area contributed by atoms with E-state index in [0.717, 1.165) is 24.2 Å². The number of aryl methyl sites for hydroxylation is 2. The molecule has 1 aliphatic heterocycles. The van der Waals surface area contributed by atoms with Crippen LogP contribution in [0.1, 0.15) is 30.5 Å². The van der Waals surface area contributed by atoms with E-state index in [1.165, 1.54) is 6.42 Å². The minimum atomic E-state index is 0.238. The Morgan fingerprint density at radius 3 is 2.94 bits per heavy atom. The first kappa shape index (κ1) is 12.6. The molecule has 1 fully saturated rings. The molecule has 0 aliphatic carbocycles. The molecule has 2 rings (SSSR count). The number of aromatic nitrogens is 2. The number of carbonyl (C=O) groups is 1. The van der Waals surface area contributed by atoms with E-state index in [0.29, 0.717) is 24.0 Å². The Kier molecular flexibility index (Phi) is 3.84. The quantitative estimate of drug-likeness (QED) is 0.890. The van der Waals surface area contributed by atoms with Crippen molar-refractivity contribution in [2.45, 2.75) is 38.6 Å². The lowest BCUT2D eigenvalue weighted by atomic mass is 10.0. The average Bonchev–Trinajstić information content (AvgIpc) is 2.83. The summed E-state index contributed by atoms with van der Waals surface area (Å²) in [6.45, 7) is 2.92. The number of halogens is 1. The van der Waals surface area contributed by atoms with Crippen molar-refractivity contribution in [3.8, 4) is 0 Å². The molecule has 2 heterocycles. The highest BCUT2D eigenvalue weighted by Crippen LogP contribution is 2.20. The minimum absolute atomic E-state index is 0.238. The SMILES string of the molecule is Cc1nn(C)c(Cl)c1CC(=O)CC1CCCN1. The van der Waals surface area contributed by atoms with Gasteiger partial charge in [0.1, 0.15) is 10.9 Å². The maximum atomic E-state index is 11.9. The van der Waals surface area contributed by atoms with Crippen LogP contribution >= 0.6 is 11.6 Å². The summed E-state index contributed by atoms with van der Waals surface area (Å²) in [5, 5.41) is 8.12. The van der Waals surface area contributed by atoms with Crippen LogP contribution in [0.3, 0.4) is 0 Å². The number of hydrogen-bond donors (Lipinski definition) is 1. The Balaban J connectivity index is 1.97. The molecular weight excluding hydrogens is 238 g/mol. The van der Waals surface area contributed by atoms with Crippen LogP contribution in [0.25, 0.3) is 0 Å². The molecule has 1 aliphatic rings. The van der Waals surface area contributed by atoms with Gasteiger partial charge in [-0.1, -0.05) is 11.6 Å². The van der Waals surface area contributed by atoms with Gasteiger partial charge in [-0.15, -0.1) is 0 Å². The molecule has 1 N–H and O–H groups in total. The maximum Gasteiger partial charge on any atom is 0.139 e. The predicted molar refractivity (Wildman–Crippen MR) is 67.3 cm³/mol. The Hall–Kier alpha value is -0.870. The summed E-state index contributed by atoms with van der Waals surface area (Å²) >= 11 is 6.11. The average molecular weight is 256 g/mol. The monoisotopic (exact) mass is 255 g/mol. The third-order valence-electron chi connectivity index (χ3n) is 3.28. The van der Waals surface area contributed by atoms with Crippen LogP contribution < -0.4 is 5.32 Å². The fourth-order valence-electron chi connectivity index (χ4n) is 2.35. The highest BCUT2D eigenvalue weighted by atomic mass is 35.5. The van der Waals surface area contributed by atoms with Gasteiger partial charge in [0.2, 0.25) is 0 Å². The molecule has 94 valence electrons. The number of hydrogen-bond acceptors (Lipinski definition) is 3. The van der Waals surface area contributed by atoms with Crippen molar-refractivity contribution in [3.05, 3.63) is 16.4 Å². The molecule has 1 aromatic rings. The number of carbonyl (C=O) groups excluding carboxylic acids is 1. The lowest BCUT2D eigenvalue weighted by molar-refractivity contribution is -0.118. The summed E-state index contributed by atoms with van der Waals surface area (Å²) < 4.78 is 1.62. The van der Waals surface area contributed by atoms with Crippen molar-refractivity contribution >= 4 is 17.4 Å². The van der Waals surface area contributed by atoms with E-state index in [1.807, 2.05) is 6.92 Å². The van der Waals surface area contributed by atoms with Crippen LogP contribution in [0.4, 0.5) is 0 Å². The fraction of sp³-hybridized carbons (Fsp3) is 0.667. The van der Waals surface area contributed by atoms with Crippen molar-refractivity contribution in [2.75, 3.05) is 6.54 Å². The number of rotatable bonds is 4. The first-order valence-corrected chi connectivity index (χ1v) is 6.38. The third kappa shape index (κ3) is 2.87. The third-order valence-corrected chi connectivity index (χ3v) is 3.75. The zero-order valence-corrected chi connectivity index (χ0v) is 11.0.